The molecule has 0 atom stereocenters. The van der Waals surface area contributed by atoms with E-state index in [0.717, 1.165) is 17.7 Å². The zero-order valence-electron chi connectivity index (χ0n) is 14.7. The maximum Gasteiger partial charge on any atom is 0.233 e. The Kier molecular flexibility index (Phi) is 7.01. The normalized spacial score (nSPS) is 10.2. The summed E-state index contributed by atoms with van der Waals surface area (Å²) in [7, 11) is 1.62. The second kappa shape index (κ2) is 9.47. The molecule has 0 radical (unpaired) electrons. The van der Waals surface area contributed by atoms with Crippen LogP contribution in [0.5, 0.6) is 5.75 Å². The number of amides is 2. The number of nitrogens with one attached hydrogen (secondary N) is 2. The Morgan fingerprint density at radius 1 is 1.00 bits per heavy atom. The van der Waals surface area contributed by atoms with Gasteiger partial charge in [-0.2, -0.15) is 0 Å². The Labute approximate surface area is 148 Å². The molecule has 0 bridgehead atoms. The highest BCUT2D eigenvalue weighted by Gasteiger charge is 2.09. The van der Waals surface area contributed by atoms with E-state index >= 15 is 0 Å². The molecule has 2 aromatic rings. The third-order valence-corrected chi connectivity index (χ3v) is 3.84. The van der Waals surface area contributed by atoms with Crippen LogP contribution in [-0.4, -0.2) is 25.5 Å². The minimum absolute atomic E-state index is 0.187. The lowest BCUT2D eigenvalue weighted by Gasteiger charge is -2.08. The first-order valence-corrected chi connectivity index (χ1v) is 8.39. The molecule has 2 amide bonds. The number of benzene rings is 2. The van der Waals surface area contributed by atoms with Gasteiger partial charge in [0.15, 0.2) is 0 Å². The summed E-state index contributed by atoms with van der Waals surface area (Å²) in [5.74, 6) is 0.186. The first kappa shape index (κ1) is 18.5. The molecular weight excluding hydrogens is 316 g/mol. The first-order chi connectivity index (χ1) is 12.1. The summed E-state index contributed by atoms with van der Waals surface area (Å²) in [6, 6.07) is 15.3. The Hall–Kier alpha value is -2.82. The fourth-order valence-corrected chi connectivity index (χ4v) is 2.41. The van der Waals surface area contributed by atoms with Crippen molar-refractivity contribution >= 4 is 17.5 Å². The standard InChI is InChI=1S/C20H24N2O3/c1-3-15-7-9-17(10-8-15)22-20(24)14-19(23)21-12-11-16-5-4-6-18(13-16)25-2/h4-10,13H,3,11-12,14H2,1-2H3,(H,21,23)(H,22,24). The topological polar surface area (TPSA) is 67.4 Å². The Balaban J connectivity index is 1.72. The highest BCUT2D eigenvalue weighted by Crippen LogP contribution is 2.12. The maximum absolute atomic E-state index is 11.9. The minimum atomic E-state index is -0.317. The zero-order chi connectivity index (χ0) is 18.1. The third kappa shape index (κ3) is 6.30. The largest absolute Gasteiger partial charge is 0.497 e. The number of carbonyl (C=O) groups is 2. The molecule has 2 aromatic carbocycles. The average molecular weight is 340 g/mol. The highest BCUT2D eigenvalue weighted by atomic mass is 16.5. The van der Waals surface area contributed by atoms with Crippen LogP contribution < -0.4 is 15.4 Å². The molecular formula is C20H24N2O3. The predicted molar refractivity (Wildman–Crippen MR) is 98.8 cm³/mol. The molecule has 0 fully saturated rings. The van der Waals surface area contributed by atoms with E-state index in [1.54, 1.807) is 7.11 Å². The van der Waals surface area contributed by atoms with Gasteiger partial charge in [0.05, 0.1) is 7.11 Å². The molecule has 25 heavy (non-hydrogen) atoms. The van der Waals surface area contributed by atoms with Crippen molar-refractivity contribution in [3.05, 3.63) is 59.7 Å². The minimum Gasteiger partial charge on any atom is -0.497 e. The van der Waals surface area contributed by atoms with E-state index in [2.05, 4.69) is 17.6 Å². The number of hydrogen-bond donors (Lipinski definition) is 2. The summed E-state index contributed by atoms with van der Waals surface area (Å²) in [4.78, 5) is 23.8. The lowest BCUT2D eigenvalue weighted by atomic mass is 10.1. The van der Waals surface area contributed by atoms with Crippen LogP contribution >= 0.6 is 0 Å². The van der Waals surface area contributed by atoms with Gasteiger partial charge in [-0.1, -0.05) is 31.2 Å². The summed E-state index contributed by atoms with van der Waals surface area (Å²) in [6.07, 6.45) is 1.45. The summed E-state index contributed by atoms with van der Waals surface area (Å²) in [5, 5.41) is 5.49. The van der Waals surface area contributed by atoms with Crippen LogP contribution in [0.2, 0.25) is 0 Å². The Morgan fingerprint density at radius 2 is 1.76 bits per heavy atom. The molecule has 0 aromatic heterocycles. The number of ether oxygens (including phenoxy) is 1. The third-order valence-electron chi connectivity index (χ3n) is 3.84. The van der Waals surface area contributed by atoms with E-state index in [9.17, 15) is 9.59 Å². The van der Waals surface area contributed by atoms with E-state index in [4.69, 9.17) is 4.74 Å². The molecule has 2 rings (SSSR count). The SMILES string of the molecule is CCc1ccc(NC(=O)CC(=O)NCCc2cccc(OC)c2)cc1. The van der Waals surface area contributed by atoms with Gasteiger partial charge in [-0.25, -0.2) is 0 Å². The number of anilines is 1. The fourth-order valence-electron chi connectivity index (χ4n) is 2.41. The van der Waals surface area contributed by atoms with Gasteiger partial charge in [0, 0.05) is 12.2 Å². The van der Waals surface area contributed by atoms with Crippen molar-refractivity contribution < 1.29 is 14.3 Å². The number of hydrogen-bond acceptors (Lipinski definition) is 3. The monoisotopic (exact) mass is 340 g/mol. The molecule has 0 aliphatic rings. The number of methoxy groups -OCH3 is 1. The molecule has 0 aliphatic heterocycles. The van der Waals surface area contributed by atoms with Crippen molar-refractivity contribution in [2.75, 3.05) is 19.0 Å². The van der Waals surface area contributed by atoms with Gasteiger partial charge >= 0.3 is 0 Å². The lowest BCUT2D eigenvalue weighted by molar-refractivity contribution is -0.126. The summed E-state index contributed by atoms with van der Waals surface area (Å²) in [5.41, 5.74) is 2.97. The fraction of sp³-hybridized carbons (Fsp3) is 0.300. The van der Waals surface area contributed by atoms with E-state index in [0.29, 0.717) is 18.7 Å². The molecule has 0 unspecified atom stereocenters. The summed E-state index contributed by atoms with van der Waals surface area (Å²) in [6.45, 7) is 2.55. The molecule has 0 saturated heterocycles. The van der Waals surface area contributed by atoms with Gasteiger partial charge in [-0.05, 0) is 48.2 Å². The number of rotatable bonds is 8. The lowest BCUT2D eigenvalue weighted by Crippen LogP contribution is -2.29. The van der Waals surface area contributed by atoms with E-state index in [1.165, 1.54) is 5.56 Å². The second-order valence-electron chi connectivity index (χ2n) is 5.73. The Morgan fingerprint density at radius 3 is 2.44 bits per heavy atom. The summed E-state index contributed by atoms with van der Waals surface area (Å²) < 4.78 is 5.17. The van der Waals surface area contributed by atoms with Gasteiger partial charge in [0.2, 0.25) is 11.8 Å². The van der Waals surface area contributed by atoms with Gasteiger partial charge in [0.1, 0.15) is 12.2 Å². The maximum atomic E-state index is 11.9. The number of carbonyl (C=O) groups excluding carboxylic acids is 2. The van der Waals surface area contributed by atoms with Crippen molar-refractivity contribution in [3.63, 3.8) is 0 Å². The van der Waals surface area contributed by atoms with E-state index in [1.807, 2.05) is 48.5 Å². The highest BCUT2D eigenvalue weighted by molar-refractivity contribution is 6.03. The van der Waals surface area contributed by atoms with Crippen LogP contribution in [0.15, 0.2) is 48.5 Å². The van der Waals surface area contributed by atoms with E-state index < -0.39 is 0 Å². The van der Waals surface area contributed by atoms with Crippen LogP contribution in [0.3, 0.4) is 0 Å². The van der Waals surface area contributed by atoms with Crippen molar-refractivity contribution in [1.29, 1.82) is 0 Å². The van der Waals surface area contributed by atoms with Gasteiger partial charge in [0.25, 0.3) is 0 Å². The molecule has 0 saturated carbocycles. The van der Waals surface area contributed by atoms with Gasteiger partial charge in [-0.15, -0.1) is 0 Å². The van der Waals surface area contributed by atoms with E-state index in [-0.39, 0.29) is 18.2 Å². The molecule has 0 spiro atoms. The quantitative estimate of drug-likeness (QED) is 0.726. The first-order valence-electron chi connectivity index (χ1n) is 8.39. The Bertz CT molecular complexity index is 711. The molecule has 0 aliphatic carbocycles. The van der Waals surface area contributed by atoms with Crippen molar-refractivity contribution in [2.24, 2.45) is 0 Å². The molecule has 0 heterocycles. The smallest absolute Gasteiger partial charge is 0.233 e. The van der Waals surface area contributed by atoms with Crippen LogP contribution in [0.4, 0.5) is 5.69 Å². The molecule has 5 nitrogen and oxygen atoms in total. The van der Waals surface area contributed by atoms with Gasteiger partial charge < -0.3 is 15.4 Å². The average Bonchev–Trinajstić information content (AvgIpc) is 2.62. The molecule has 132 valence electrons. The summed E-state index contributed by atoms with van der Waals surface area (Å²) >= 11 is 0. The van der Waals surface area contributed by atoms with Crippen LogP contribution in [-0.2, 0) is 22.4 Å². The van der Waals surface area contributed by atoms with Crippen LogP contribution in [0.1, 0.15) is 24.5 Å². The molecule has 5 heteroatoms. The van der Waals surface area contributed by atoms with Crippen LogP contribution in [0, 0.1) is 0 Å². The predicted octanol–water partition coefficient (Wildman–Crippen LogP) is 2.95. The van der Waals surface area contributed by atoms with Crippen molar-refractivity contribution in [3.8, 4) is 5.75 Å². The van der Waals surface area contributed by atoms with Crippen molar-refractivity contribution in [1.82, 2.24) is 5.32 Å². The zero-order valence-corrected chi connectivity index (χ0v) is 14.7. The van der Waals surface area contributed by atoms with Crippen molar-refractivity contribution in [2.45, 2.75) is 26.2 Å². The molecule has 2 N–H and O–H groups in total. The number of aryl methyl sites for hydroxylation is 1. The van der Waals surface area contributed by atoms with Crippen LogP contribution in [0.25, 0.3) is 0 Å². The second-order valence-corrected chi connectivity index (χ2v) is 5.73. The van der Waals surface area contributed by atoms with Gasteiger partial charge in [-0.3, -0.25) is 9.59 Å².